The third-order valence-electron chi connectivity index (χ3n) is 6.40. The van der Waals surface area contributed by atoms with E-state index in [1.165, 1.54) is 6.42 Å². The first-order valence-corrected chi connectivity index (χ1v) is 10.9. The summed E-state index contributed by atoms with van der Waals surface area (Å²) < 4.78 is 5.27. The van der Waals surface area contributed by atoms with Crippen molar-refractivity contribution in [2.24, 2.45) is 0 Å². The van der Waals surface area contributed by atoms with Crippen LogP contribution in [0.2, 0.25) is 0 Å². The minimum Gasteiger partial charge on any atom is -0.497 e. The average Bonchev–Trinajstić information content (AvgIpc) is 2.96. The summed E-state index contributed by atoms with van der Waals surface area (Å²) in [6, 6.07) is 10.8. The lowest BCUT2D eigenvalue weighted by atomic mass is 9.90. The minimum atomic E-state index is -1.21. The second-order valence-electron chi connectivity index (χ2n) is 8.52. The van der Waals surface area contributed by atoms with E-state index in [9.17, 15) is 14.4 Å². The summed E-state index contributed by atoms with van der Waals surface area (Å²) in [4.78, 5) is 41.6. The van der Waals surface area contributed by atoms with Gasteiger partial charge in [0.2, 0.25) is 5.91 Å². The molecule has 0 aromatic heterocycles. The molecular formula is C24H29N3O4. The fourth-order valence-electron chi connectivity index (χ4n) is 4.43. The van der Waals surface area contributed by atoms with Crippen molar-refractivity contribution in [3.8, 4) is 5.75 Å². The van der Waals surface area contributed by atoms with Crippen molar-refractivity contribution in [1.82, 2.24) is 15.1 Å². The molecule has 1 atom stereocenters. The second-order valence-corrected chi connectivity index (χ2v) is 8.52. The van der Waals surface area contributed by atoms with Gasteiger partial charge in [-0.1, -0.05) is 37.5 Å². The fraction of sp³-hybridized carbons (Fsp3) is 0.458. The molecule has 4 amide bonds. The minimum absolute atomic E-state index is 0.166. The van der Waals surface area contributed by atoms with Crippen LogP contribution in [0.1, 0.15) is 44.6 Å². The maximum absolute atomic E-state index is 13.3. The molecule has 7 heteroatoms. The Morgan fingerprint density at radius 1 is 1.00 bits per heavy atom. The molecule has 2 heterocycles. The van der Waals surface area contributed by atoms with Gasteiger partial charge in [0.15, 0.2) is 0 Å². The number of benzene rings is 2. The van der Waals surface area contributed by atoms with Crippen LogP contribution >= 0.6 is 0 Å². The van der Waals surface area contributed by atoms with Gasteiger partial charge in [0.1, 0.15) is 17.8 Å². The van der Waals surface area contributed by atoms with Crippen molar-refractivity contribution in [1.29, 1.82) is 0 Å². The molecule has 2 aromatic carbocycles. The van der Waals surface area contributed by atoms with Gasteiger partial charge in [-0.3, -0.25) is 14.5 Å². The monoisotopic (exact) mass is 423 g/mol. The molecule has 0 saturated carbocycles. The van der Waals surface area contributed by atoms with E-state index in [1.54, 1.807) is 18.9 Å². The Balaban J connectivity index is 1.53. The van der Waals surface area contributed by atoms with Gasteiger partial charge < -0.3 is 15.0 Å². The van der Waals surface area contributed by atoms with Crippen molar-refractivity contribution in [2.45, 2.75) is 44.6 Å². The molecule has 1 N–H and O–H groups in total. The lowest BCUT2D eigenvalue weighted by molar-refractivity contribution is -0.139. The number of carbonyl (C=O) groups excluding carboxylic acids is 3. The van der Waals surface area contributed by atoms with Crippen molar-refractivity contribution in [3.05, 3.63) is 42.0 Å². The molecule has 0 spiro atoms. The number of rotatable bonds is 4. The number of urea groups is 1. The largest absolute Gasteiger partial charge is 0.497 e. The number of imide groups is 1. The summed E-state index contributed by atoms with van der Waals surface area (Å²) in [6.45, 7) is 2.85. The number of ether oxygens (including phenoxy) is 1. The van der Waals surface area contributed by atoms with Gasteiger partial charge in [-0.05, 0) is 54.3 Å². The lowest BCUT2D eigenvalue weighted by Crippen LogP contribution is -2.45. The number of nitrogens with one attached hydrogen (secondary N) is 1. The standard InChI is InChI=1S/C24H29N3O4/c1-24(19-10-8-18-15-20(31-2)11-9-17(18)14-19)22(29)27(23(30)25-24)16-21(28)26-12-6-4-3-5-7-13-26/h8-11,14-15H,3-7,12-13,16H2,1-2H3,(H,25,30)/t24-/m0/s1. The maximum atomic E-state index is 13.3. The van der Waals surface area contributed by atoms with Crippen molar-refractivity contribution >= 4 is 28.6 Å². The average molecular weight is 424 g/mol. The molecule has 0 aliphatic carbocycles. The van der Waals surface area contributed by atoms with Crippen molar-refractivity contribution in [2.75, 3.05) is 26.7 Å². The number of fused-ring (bicyclic) bond motifs is 1. The van der Waals surface area contributed by atoms with Crippen LogP contribution in [0.15, 0.2) is 36.4 Å². The SMILES string of the molecule is COc1ccc2cc([C@]3(C)NC(=O)N(CC(=O)N4CCCCCCC4)C3=O)ccc2c1. The molecule has 0 bridgehead atoms. The summed E-state index contributed by atoms with van der Waals surface area (Å²) in [5.41, 5.74) is -0.522. The summed E-state index contributed by atoms with van der Waals surface area (Å²) in [5.74, 6) is 0.191. The summed E-state index contributed by atoms with van der Waals surface area (Å²) in [7, 11) is 1.62. The Morgan fingerprint density at radius 3 is 2.35 bits per heavy atom. The molecule has 0 radical (unpaired) electrons. The molecule has 2 aliphatic rings. The first kappa shape index (κ1) is 21.2. The second kappa shape index (κ2) is 8.57. The van der Waals surface area contributed by atoms with E-state index in [0.29, 0.717) is 18.7 Å². The van der Waals surface area contributed by atoms with E-state index in [4.69, 9.17) is 4.74 Å². The van der Waals surface area contributed by atoms with Crippen LogP contribution in [0.25, 0.3) is 10.8 Å². The smallest absolute Gasteiger partial charge is 0.325 e. The van der Waals surface area contributed by atoms with Gasteiger partial charge in [-0.2, -0.15) is 0 Å². The number of amides is 4. The van der Waals surface area contributed by atoms with Gasteiger partial charge >= 0.3 is 6.03 Å². The van der Waals surface area contributed by atoms with Crippen molar-refractivity contribution < 1.29 is 19.1 Å². The fourth-order valence-corrected chi connectivity index (χ4v) is 4.43. The highest BCUT2D eigenvalue weighted by Gasteiger charge is 2.49. The Labute approximate surface area is 182 Å². The van der Waals surface area contributed by atoms with Crippen LogP contribution in [0.4, 0.5) is 4.79 Å². The number of nitrogens with zero attached hydrogens (tertiary/aromatic N) is 2. The number of likely N-dealkylation sites (tertiary alicyclic amines) is 1. The highest BCUT2D eigenvalue weighted by Crippen LogP contribution is 2.32. The van der Waals surface area contributed by atoms with Gasteiger partial charge in [-0.15, -0.1) is 0 Å². The maximum Gasteiger partial charge on any atom is 0.325 e. The quantitative estimate of drug-likeness (QED) is 0.765. The van der Waals surface area contributed by atoms with Gasteiger partial charge in [0.05, 0.1) is 7.11 Å². The van der Waals surface area contributed by atoms with E-state index in [0.717, 1.165) is 47.1 Å². The third-order valence-corrected chi connectivity index (χ3v) is 6.40. The summed E-state index contributed by atoms with van der Waals surface area (Å²) >= 11 is 0. The van der Waals surface area contributed by atoms with Crippen LogP contribution in [-0.4, -0.2) is 54.4 Å². The summed E-state index contributed by atoms with van der Waals surface area (Å²) in [6.07, 6.45) is 5.35. The van der Waals surface area contributed by atoms with Crippen LogP contribution in [0, 0.1) is 0 Å². The molecule has 2 aliphatic heterocycles. The molecule has 2 fully saturated rings. The number of carbonyl (C=O) groups is 3. The Morgan fingerprint density at radius 2 is 1.65 bits per heavy atom. The van der Waals surface area contributed by atoms with Crippen LogP contribution in [0.5, 0.6) is 5.75 Å². The zero-order valence-corrected chi connectivity index (χ0v) is 18.1. The molecule has 7 nitrogen and oxygen atoms in total. The molecule has 0 unspecified atom stereocenters. The highest BCUT2D eigenvalue weighted by molar-refractivity contribution is 6.09. The zero-order chi connectivity index (χ0) is 22.0. The van der Waals surface area contributed by atoms with E-state index >= 15 is 0 Å². The Kier molecular flexibility index (Phi) is 5.85. The first-order valence-electron chi connectivity index (χ1n) is 10.9. The first-order chi connectivity index (χ1) is 14.9. The zero-order valence-electron chi connectivity index (χ0n) is 18.1. The van der Waals surface area contributed by atoms with E-state index in [-0.39, 0.29) is 12.5 Å². The predicted octanol–water partition coefficient (Wildman–Crippen LogP) is 3.41. The molecule has 31 heavy (non-hydrogen) atoms. The van der Waals surface area contributed by atoms with Gasteiger partial charge in [-0.25, -0.2) is 4.79 Å². The topological polar surface area (TPSA) is 79.0 Å². The number of hydrogen-bond acceptors (Lipinski definition) is 4. The molecular weight excluding hydrogens is 394 g/mol. The van der Waals surface area contributed by atoms with Gasteiger partial charge in [0, 0.05) is 13.1 Å². The van der Waals surface area contributed by atoms with E-state index in [1.807, 2.05) is 36.4 Å². The normalized spacial score (nSPS) is 22.3. The molecule has 2 saturated heterocycles. The van der Waals surface area contributed by atoms with Gasteiger partial charge in [0.25, 0.3) is 5.91 Å². The third kappa shape index (κ3) is 4.09. The van der Waals surface area contributed by atoms with Crippen LogP contribution in [-0.2, 0) is 15.1 Å². The molecule has 164 valence electrons. The lowest BCUT2D eigenvalue weighted by Gasteiger charge is -2.27. The van der Waals surface area contributed by atoms with Crippen LogP contribution in [0.3, 0.4) is 0 Å². The molecule has 4 rings (SSSR count). The number of methoxy groups -OCH3 is 1. The van der Waals surface area contributed by atoms with Crippen molar-refractivity contribution in [3.63, 3.8) is 0 Å². The molecule has 2 aromatic rings. The Hall–Kier alpha value is -3.09. The summed E-state index contributed by atoms with van der Waals surface area (Å²) in [5, 5.41) is 4.73. The van der Waals surface area contributed by atoms with E-state index in [2.05, 4.69) is 5.32 Å². The number of hydrogen-bond donors (Lipinski definition) is 1. The van der Waals surface area contributed by atoms with E-state index < -0.39 is 17.5 Å². The van der Waals surface area contributed by atoms with Crippen LogP contribution < -0.4 is 10.1 Å². The predicted molar refractivity (Wildman–Crippen MR) is 118 cm³/mol. The Bertz CT molecular complexity index is 1010. The highest BCUT2D eigenvalue weighted by atomic mass is 16.5.